The fourth-order valence-corrected chi connectivity index (χ4v) is 4.20. The molecular weight excluding hydrogens is 444 g/mol. The fraction of sp³-hybridized carbons (Fsp3) is 0.312. The highest BCUT2D eigenvalue weighted by molar-refractivity contribution is 5.86. The van der Waals surface area contributed by atoms with Crippen LogP contribution in [0.15, 0.2) is 73.3 Å². The van der Waals surface area contributed by atoms with Gasteiger partial charge >= 0.3 is 0 Å². The van der Waals surface area contributed by atoms with Gasteiger partial charge in [-0.15, -0.1) is 0 Å². The van der Waals surface area contributed by atoms with Gasteiger partial charge in [0.2, 0.25) is 0 Å². The third-order valence-corrected chi connectivity index (χ3v) is 6.16. The molecule has 3 aromatic rings. The number of carbonyl (C=O) groups is 2. The van der Waals surface area contributed by atoms with Crippen LogP contribution in [0.25, 0.3) is 22.4 Å². The van der Waals surface area contributed by atoms with E-state index in [2.05, 4.69) is 93.2 Å². The summed E-state index contributed by atoms with van der Waals surface area (Å²) in [5.74, 6) is 6.31. The molecule has 3 rings (SSSR count). The second-order valence-corrected chi connectivity index (χ2v) is 8.56. The van der Waals surface area contributed by atoms with Gasteiger partial charge in [-0.3, -0.25) is 0 Å². The molecule has 0 atom stereocenters. The molecular formula is C32H42N2O2. The number of benzene rings is 3. The van der Waals surface area contributed by atoms with Crippen molar-refractivity contribution in [2.45, 2.75) is 58.8 Å². The summed E-state index contributed by atoms with van der Waals surface area (Å²) in [5.41, 5.74) is 5.93. The summed E-state index contributed by atoms with van der Waals surface area (Å²) in [5, 5.41) is 4.44. The predicted molar refractivity (Wildman–Crippen MR) is 157 cm³/mol. The number of nitrogens with two attached hydrogens (primary N) is 1. The Bertz CT molecular complexity index is 1080. The van der Waals surface area contributed by atoms with E-state index in [1.54, 1.807) is 0 Å². The summed E-state index contributed by atoms with van der Waals surface area (Å²) in [6, 6.07) is 21.7. The van der Waals surface area contributed by atoms with Crippen molar-refractivity contribution in [2.24, 2.45) is 5.84 Å². The summed E-state index contributed by atoms with van der Waals surface area (Å²) in [4.78, 5) is 16.0. The molecule has 4 nitrogen and oxygen atoms in total. The van der Waals surface area contributed by atoms with Crippen LogP contribution in [0.4, 0.5) is 5.69 Å². The summed E-state index contributed by atoms with van der Waals surface area (Å²) in [7, 11) is 0. The normalized spacial score (nSPS) is 10.3. The molecule has 0 heterocycles. The van der Waals surface area contributed by atoms with Crippen LogP contribution in [0.3, 0.4) is 0 Å². The lowest BCUT2D eigenvalue weighted by Crippen LogP contribution is -2.31. The number of anilines is 1. The van der Waals surface area contributed by atoms with Gasteiger partial charge in [-0.25, -0.2) is 5.84 Å². The molecule has 3 aromatic carbocycles. The Kier molecular flexibility index (Phi) is 15.2. The molecule has 0 spiro atoms. The molecule has 0 radical (unpaired) electrons. The number of carbonyl (C=O) groups excluding carboxylic acids is 2. The van der Waals surface area contributed by atoms with E-state index < -0.39 is 0 Å². The van der Waals surface area contributed by atoms with Crippen LogP contribution < -0.4 is 10.9 Å². The van der Waals surface area contributed by atoms with Crippen molar-refractivity contribution in [2.75, 3.05) is 11.6 Å². The van der Waals surface area contributed by atoms with E-state index in [1.165, 1.54) is 47.6 Å². The first-order valence-electron chi connectivity index (χ1n) is 12.7. The zero-order valence-corrected chi connectivity index (χ0v) is 22.0. The topological polar surface area (TPSA) is 63.4 Å². The summed E-state index contributed by atoms with van der Waals surface area (Å²) >= 11 is 0. The highest BCUT2D eigenvalue weighted by Gasteiger charge is 2.11. The molecule has 0 bridgehead atoms. The monoisotopic (exact) mass is 486 g/mol. The molecule has 0 saturated heterocycles. The third kappa shape index (κ3) is 9.27. The molecule has 2 N–H and O–H groups in total. The van der Waals surface area contributed by atoms with Crippen LogP contribution in [0, 0.1) is 0 Å². The van der Waals surface area contributed by atoms with E-state index in [1.807, 2.05) is 18.6 Å². The standard InChI is InChI=1S/C30H38N2.2CH2O/c1-4-6-7-8-9-10-14-25-20-22-30(32(31)5-2)29(23-25)24(3)19-21-27-17-13-16-26-15-11-12-18-28(26)27;2*1-2/h10-18,20,22-23H,3-9,19,21,31H2,1-2H3;2*1H2/b14-10-;;. The molecule has 192 valence electrons. The lowest BCUT2D eigenvalue weighted by molar-refractivity contribution is -0.0987. The molecule has 0 aliphatic carbocycles. The van der Waals surface area contributed by atoms with Crippen LogP contribution in [0.5, 0.6) is 0 Å². The van der Waals surface area contributed by atoms with Crippen LogP contribution in [-0.4, -0.2) is 20.1 Å². The second-order valence-electron chi connectivity index (χ2n) is 8.56. The van der Waals surface area contributed by atoms with Gasteiger partial charge in [-0.2, -0.15) is 0 Å². The maximum Gasteiger partial charge on any atom is 0.106 e. The maximum atomic E-state index is 8.00. The van der Waals surface area contributed by atoms with Crippen molar-refractivity contribution >= 4 is 41.7 Å². The molecule has 0 unspecified atom stereocenters. The number of rotatable bonds is 12. The van der Waals surface area contributed by atoms with E-state index in [0.717, 1.165) is 42.6 Å². The van der Waals surface area contributed by atoms with E-state index in [-0.39, 0.29) is 0 Å². The number of fused-ring (bicyclic) bond motifs is 1. The Hall–Kier alpha value is -3.50. The number of hydrogen-bond donors (Lipinski definition) is 1. The fourth-order valence-electron chi connectivity index (χ4n) is 4.20. The van der Waals surface area contributed by atoms with Crippen LogP contribution in [0.2, 0.25) is 0 Å². The first kappa shape index (κ1) is 30.5. The molecule has 0 aliphatic heterocycles. The van der Waals surface area contributed by atoms with Gasteiger partial charge in [0.25, 0.3) is 0 Å². The van der Waals surface area contributed by atoms with Crippen molar-refractivity contribution < 1.29 is 9.59 Å². The lowest BCUT2D eigenvalue weighted by Gasteiger charge is -2.22. The summed E-state index contributed by atoms with van der Waals surface area (Å²) in [6.45, 7) is 13.6. The number of hydrazine groups is 1. The van der Waals surface area contributed by atoms with Gasteiger partial charge in [0.15, 0.2) is 0 Å². The minimum atomic E-state index is 0.760. The van der Waals surface area contributed by atoms with Crippen LogP contribution in [-0.2, 0) is 16.0 Å². The average molecular weight is 487 g/mol. The highest BCUT2D eigenvalue weighted by atomic mass is 16.1. The molecule has 0 aromatic heterocycles. The number of allylic oxidation sites excluding steroid dienone is 2. The molecule has 0 amide bonds. The first-order valence-corrected chi connectivity index (χ1v) is 12.7. The quantitative estimate of drug-likeness (QED) is 0.161. The van der Waals surface area contributed by atoms with E-state index in [9.17, 15) is 0 Å². The smallest absolute Gasteiger partial charge is 0.106 e. The Morgan fingerprint density at radius 1 is 0.917 bits per heavy atom. The number of nitrogens with zero attached hydrogens (tertiary/aromatic N) is 1. The summed E-state index contributed by atoms with van der Waals surface area (Å²) < 4.78 is 0. The van der Waals surface area contributed by atoms with Gasteiger partial charge in [-0.1, -0.05) is 93.4 Å². The van der Waals surface area contributed by atoms with E-state index in [4.69, 9.17) is 15.4 Å². The zero-order valence-electron chi connectivity index (χ0n) is 22.0. The molecule has 0 saturated carbocycles. The Morgan fingerprint density at radius 2 is 1.64 bits per heavy atom. The highest BCUT2D eigenvalue weighted by Crippen LogP contribution is 2.31. The second kappa shape index (κ2) is 17.9. The number of unbranched alkanes of at least 4 members (excludes halogenated alkanes) is 4. The SMILES string of the molecule is C=C(CCc1cccc2ccccc12)c1cc(/C=C\CCCCCC)ccc1N(N)CC.C=O.C=O. The van der Waals surface area contributed by atoms with Crippen LogP contribution in [0.1, 0.15) is 69.1 Å². The minimum Gasteiger partial charge on any atom is -0.311 e. The first-order chi connectivity index (χ1) is 17.6. The molecule has 36 heavy (non-hydrogen) atoms. The minimum absolute atomic E-state index is 0.760. The lowest BCUT2D eigenvalue weighted by atomic mass is 9.94. The summed E-state index contributed by atoms with van der Waals surface area (Å²) in [6.07, 6.45) is 12.7. The van der Waals surface area contributed by atoms with Gasteiger partial charge in [0.1, 0.15) is 13.6 Å². The van der Waals surface area contributed by atoms with Crippen molar-refractivity contribution in [1.29, 1.82) is 0 Å². The van der Waals surface area contributed by atoms with Crippen molar-refractivity contribution in [3.8, 4) is 0 Å². The van der Waals surface area contributed by atoms with Gasteiger partial charge < -0.3 is 14.6 Å². The molecule has 0 fully saturated rings. The zero-order chi connectivity index (χ0) is 26.8. The van der Waals surface area contributed by atoms with Crippen molar-refractivity contribution in [3.63, 3.8) is 0 Å². The van der Waals surface area contributed by atoms with Gasteiger partial charge in [-0.05, 0) is 72.2 Å². The predicted octanol–water partition coefficient (Wildman–Crippen LogP) is 7.80. The molecule has 0 aliphatic rings. The van der Waals surface area contributed by atoms with Gasteiger partial charge in [0.05, 0.1) is 5.69 Å². The van der Waals surface area contributed by atoms with E-state index in [0.29, 0.717) is 0 Å². The van der Waals surface area contributed by atoms with Gasteiger partial charge in [0, 0.05) is 12.1 Å². The van der Waals surface area contributed by atoms with Crippen molar-refractivity contribution in [3.05, 3.63) is 90.0 Å². The maximum absolute atomic E-state index is 8.00. The van der Waals surface area contributed by atoms with Crippen molar-refractivity contribution in [1.82, 2.24) is 0 Å². The van der Waals surface area contributed by atoms with E-state index >= 15 is 0 Å². The largest absolute Gasteiger partial charge is 0.311 e. The Labute approximate surface area is 217 Å². The number of hydrogen-bond acceptors (Lipinski definition) is 4. The Balaban J connectivity index is 0.00000154. The Morgan fingerprint density at radius 3 is 2.36 bits per heavy atom. The number of aryl methyl sites for hydroxylation is 1. The third-order valence-electron chi connectivity index (χ3n) is 6.16. The van der Waals surface area contributed by atoms with Crippen LogP contribution >= 0.6 is 0 Å². The molecule has 4 heteroatoms. The average Bonchev–Trinajstić information content (AvgIpc) is 2.95.